The molecule has 2 aliphatic rings. The Balaban J connectivity index is 1.63. The van der Waals surface area contributed by atoms with Gasteiger partial charge in [-0.1, -0.05) is 31.0 Å². The van der Waals surface area contributed by atoms with Crippen LogP contribution in [0, 0.1) is 5.82 Å². The minimum Gasteiger partial charge on any atom is -0.381 e. The number of likely N-dealkylation sites (tertiary alicyclic amines) is 1. The second-order valence-corrected chi connectivity index (χ2v) is 8.09. The number of nitrogens with one attached hydrogen (secondary N) is 1. The fraction of sp³-hybridized carbons (Fsp3) is 0.682. The molecule has 0 spiro atoms. The van der Waals surface area contributed by atoms with Gasteiger partial charge in [0.05, 0.1) is 5.41 Å². The fourth-order valence-corrected chi connectivity index (χ4v) is 4.36. The van der Waals surface area contributed by atoms with E-state index in [0.717, 1.165) is 26.1 Å². The molecule has 2 fully saturated rings. The van der Waals surface area contributed by atoms with E-state index in [1.54, 1.807) is 12.1 Å². The first-order valence-corrected chi connectivity index (χ1v) is 10.5. The SMILES string of the molecule is CC(CCN1CCCCCC1)NC(=O)C1(c2ccccc2F)CCOCC1. The van der Waals surface area contributed by atoms with E-state index in [1.807, 2.05) is 6.07 Å². The molecule has 1 N–H and O–H groups in total. The van der Waals surface area contributed by atoms with Crippen LogP contribution in [-0.4, -0.2) is 49.7 Å². The Kier molecular flexibility index (Phi) is 7.25. The van der Waals surface area contributed by atoms with Gasteiger partial charge in [-0.3, -0.25) is 4.79 Å². The zero-order valence-electron chi connectivity index (χ0n) is 16.5. The Morgan fingerprint density at radius 1 is 1.19 bits per heavy atom. The second kappa shape index (κ2) is 9.65. The van der Waals surface area contributed by atoms with Crippen molar-refractivity contribution in [1.29, 1.82) is 0 Å². The first-order valence-electron chi connectivity index (χ1n) is 10.5. The summed E-state index contributed by atoms with van der Waals surface area (Å²) in [5.41, 5.74) is -0.314. The Morgan fingerprint density at radius 3 is 2.52 bits per heavy atom. The lowest BCUT2D eigenvalue weighted by Crippen LogP contribution is -2.51. The molecule has 27 heavy (non-hydrogen) atoms. The van der Waals surface area contributed by atoms with Gasteiger partial charge in [0.25, 0.3) is 0 Å². The van der Waals surface area contributed by atoms with Crippen LogP contribution >= 0.6 is 0 Å². The van der Waals surface area contributed by atoms with Gasteiger partial charge in [-0.05, 0) is 58.2 Å². The van der Waals surface area contributed by atoms with Crippen LogP contribution in [0.3, 0.4) is 0 Å². The molecule has 3 rings (SSSR count). The minimum absolute atomic E-state index is 0.0562. The van der Waals surface area contributed by atoms with Crippen molar-refractivity contribution in [2.45, 2.75) is 63.3 Å². The summed E-state index contributed by atoms with van der Waals surface area (Å²) in [5.74, 6) is -0.356. The summed E-state index contributed by atoms with van der Waals surface area (Å²) in [7, 11) is 0. The maximum absolute atomic E-state index is 14.5. The summed E-state index contributed by atoms with van der Waals surface area (Å²) < 4.78 is 20.0. The Bertz CT molecular complexity index is 608. The smallest absolute Gasteiger partial charge is 0.231 e. The fourth-order valence-electron chi connectivity index (χ4n) is 4.36. The topological polar surface area (TPSA) is 41.6 Å². The van der Waals surface area contributed by atoms with Crippen molar-refractivity contribution in [2.75, 3.05) is 32.8 Å². The van der Waals surface area contributed by atoms with Gasteiger partial charge in [-0.2, -0.15) is 0 Å². The zero-order valence-corrected chi connectivity index (χ0v) is 16.5. The van der Waals surface area contributed by atoms with Crippen LogP contribution in [0.1, 0.15) is 57.4 Å². The second-order valence-electron chi connectivity index (χ2n) is 8.09. The van der Waals surface area contributed by atoms with Crippen molar-refractivity contribution in [3.8, 4) is 0 Å². The summed E-state index contributed by atoms with van der Waals surface area (Å²) in [6.45, 7) is 6.38. The van der Waals surface area contributed by atoms with E-state index >= 15 is 0 Å². The van der Waals surface area contributed by atoms with Gasteiger partial charge in [0, 0.05) is 31.4 Å². The van der Waals surface area contributed by atoms with Gasteiger partial charge < -0.3 is 15.0 Å². The summed E-state index contributed by atoms with van der Waals surface area (Å²) in [5, 5.41) is 3.18. The van der Waals surface area contributed by atoms with Crippen molar-refractivity contribution in [3.05, 3.63) is 35.6 Å². The van der Waals surface area contributed by atoms with Gasteiger partial charge in [0.15, 0.2) is 0 Å². The molecular weight excluding hydrogens is 343 g/mol. The van der Waals surface area contributed by atoms with E-state index in [4.69, 9.17) is 4.74 Å². The summed E-state index contributed by atoms with van der Waals surface area (Å²) in [4.78, 5) is 15.8. The van der Waals surface area contributed by atoms with E-state index in [1.165, 1.54) is 31.7 Å². The number of benzene rings is 1. The molecule has 0 radical (unpaired) electrons. The highest BCUT2D eigenvalue weighted by Crippen LogP contribution is 2.36. The number of nitrogens with zero attached hydrogens (tertiary/aromatic N) is 1. The number of ether oxygens (including phenoxy) is 1. The number of halogens is 1. The highest BCUT2D eigenvalue weighted by Gasteiger charge is 2.43. The standard InChI is InChI=1S/C22H33FN2O2/c1-18(10-15-25-13-6-2-3-7-14-25)24-21(26)22(11-16-27-17-12-22)19-8-4-5-9-20(19)23/h4-5,8-9,18H,2-3,6-7,10-17H2,1H3,(H,24,26). The number of hydrogen-bond donors (Lipinski definition) is 1. The van der Waals surface area contributed by atoms with Crippen LogP contribution in [0.4, 0.5) is 4.39 Å². The summed E-state index contributed by atoms with van der Waals surface area (Å²) in [6.07, 6.45) is 7.19. The normalized spacial score (nSPS) is 22.0. The van der Waals surface area contributed by atoms with Gasteiger partial charge in [-0.25, -0.2) is 4.39 Å². The van der Waals surface area contributed by atoms with Crippen LogP contribution < -0.4 is 5.32 Å². The molecule has 1 aromatic carbocycles. The third-order valence-electron chi connectivity index (χ3n) is 6.12. The molecule has 5 heteroatoms. The number of carbonyl (C=O) groups excluding carboxylic acids is 1. The molecule has 1 atom stereocenters. The first kappa shape index (κ1) is 20.3. The van der Waals surface area contributed by atoms with Gasteiger partial charge in [-0.15, -0.1) is 0 Å². The average molecular weight is 377 g/mol. The minimum atomic E-state index is -0.819. The van der Waals surface area contributed by atoms with E-state index in [9.17, 15) is 9.18 Å². The molecular formula is C22H33FN2O2. The predicted octanol–water partition coefficient (Wildman–Crippen LogP) is 3.64. The lowest BCUT2D eigenvalue weighted by molar-refractivity contribution is -0.131. The van der Waals surface area contributed by atoms with Crippen LogP contribution in [-0.2, 0) is 14.9 Å². The third kappa shape index (κ3) is 5.08. The van der Waals surface area contributed by atoms with E-state index in [0.29, 0.717) is 31.6 Å². The molecule has 2 saturated heterocycles. The highest BCUT2D eigenvalue weighted by atomic mass is 19.1. The first-order chi connectivity index (χ1) is 13.1. The number of rotatable bonds is 6. The van der Waals surface area contributed by atoms with Gasteiger partial charge in [0.2, 0.25) is 5.91 Å². The van der Waals surface area contributed by atoms with Gasteiger partial charge >= 0.3 is 0 Å². The Morgan fingerprint density at radius 2 is 1.85 bits per heavy atom. The lowest BCUT2D eigenvalue weighted by atomic mass is 9.73. The molecule has 150 valence electrons. The zero-order chi connectivity index (χ0) is 19.1. The predicted molar refractivity (Wildman–Crippen MR) is 105 cm³/mol. The van der Waals surface area contributed by atoms with Crippen LogP contribution in [0.5, 0.6) is 0 Å². The third-order valence-corrected chi connectivity index (χ3v) is 6.12. The van der Waals surface area contributed by atoms with E-state index in [2.05, 4.69) is 17.1 Å². The number of carbonyl (C=O) groups is 1. The number of hydrogen-bond acceptors (Lipinski definition) is 3. The largest absolute Gasteiger partial charge is 0.381 e. The molecule has 2 heterocycles. The summed E-state index contributed by atoms with van der Waals surface area (Å²) in [6, 6.07) is 6.76. The maximum Gasteiger partial charge on any atom is 0.231 e. The summed E-state index contributed by atoms with van der Waals surface area (Å²) >= 11 is 0. The van der Waals surface area contributed by atoms with Crippen molar-refractivity contribution < 1.29 is 13.9 Å². The van der Waals surface area contributed by atoms with Gasteiger partial charge in [0.1, 0.15) is 5.82 Å². The molecule has 0 aliphatic carbocycles. The van der Waals surface area contributed by atoms with E-state index < -0.39 is 5.41 Å². The molecule has 1 aromatic rings. The lowest BCUT2D eigenvalue weighted by Gasteiger charge is -2.37. The molecule has 0 bridgehead atoms. The van der Waals surface area contributed by atoms with E-state index in [-0.39, 0.29) is 17.8 Å². The van der Waals surface area contributed by atoms with Crippen LogP contribution in [0.25, 0.3) is 0 Å². The van der Waals surface area contributed by atoms with Crippen molar-refractivity contribution in [1.82, 2.24) is 10.2 Å². The molecule has 0 saturated carbocycles. The molecule has 2 aliphatic heterocycles. The molecule has 4 nitrogen and oxygen atoms in total. The van der Waals surface area contributed by atoms with Crippen LogP contribution in [0.2, 0.25) is 0 Å². The monoisotopic (exact) mass is 376 g/mol. The molecule has 1 unspecified atom stereocenters. The highest BCUT2D eigenvalue weighted by molar-refractivity contribution is 5.88. The maximum atomic E-state index is 14.5. The Labute approximate surface area is 162 Å². The Hall–Kier alpha value is -1.46. The van der Waals surface area contributed by atoms with Crippen molar-refractivity contribution in [3.63, 3.8) is 0 Å². The van der Waals surface area contributed by atoms with Crippen molar-refractivity contribution >= 4 is 5.91 Å². The van der Waals surface area contributed by atoms with Crippen molar-refractivity contribution in [2.24, 2.45) is 0 Å². The van der Waals surface area contributed by atoms with Crippen LogP contribution in [0.15, 0.2) is 24.3 Å². The quantitative estimate of drug-likeness (QED) is 0.824. The molecule has 0 aromatic heterocycles. The average Bonchev–Trinajstić information content (AvgIpc) is 2.96. The number of amides is 1. The molecule has 1 amide bonds.